The molecule has 1 rings (SSSR count). The van der Waals surface area contributed by atoms with Crippen LogP contribution in [0.1, 0.15) is 31.1 Å². The fourth-order valence-corrected chi connectivity index (χ4v) is 1.44. The number of nitrogens with two attached hydrogens (primary N) is 1. The number of hydrogen-bond donors (Lipinski definition) is 4. The second-order valence-corrected chi connectivity index (χ2v) is 5.15. The Kier molecular flexibility index (Phi) is 4.98. The van der Waals surface area contributed by atoms with E-state index < -0.39 is 17.3 Å². The van der Waals surface area contributed by atoms with E-state index in [2.05, 4.69) is 15.6 Å². The molecule has 0 saturated carbocycles. The van der Waals surface area contributed by atoms with Crippen molar-refractivity contribution in [3.8, 4) is 0 Å². The average molecular weight is 283 g/mol. The summed E-state index contributed by atoms with van der Waals surface area (Å²) >= 11 is 0. The van der Waals surface area contributed by atoms with Gasteiger partial charge in [-0.25, -0.2) is 15.2 Å². The van der Waals surface area contributed by atoms with Crippen LogP contribution in [0.15, 0.2) is 12.3 Å². The lowest BCUT2D eigenvalue weighted by molar-refractivity contribution is -0.121. The lowest BCUT2D eigenvalue weighted by Crippen LogP contribution is -2.45. The minimum absolute atomic E-state index is 0.239. The molecule has 110 valence electrons. The van der Waals surface area contributed by atoms with E-state index in [1.165, 1.54) is 12.3 Å². The average Bonchev–Trinajstić information content (AvgIpc) is 2.34. The van der Waals surface area contributed by atoms with Gasteiger partial charge in [0.2, 0.25) is 5.91 Å². The molecule has 0 atom stereocenters. The van der Waals surface area contributed by atoms with Gasteiger partial charge in [0.15, 0.2) is 11.6 Å². The van der Waals surface area contributed by atoms with Gasteiger partial charge in [0, 0.05) is 11.7 Å². The molecule has 0 saturated heterocycles. The monoisotopic (exact) mass is 283 g/mol. The standard InChI is InChI=1S/C12H18FN5O2/c1-12(2,3)17-8(19)6-16-11(20)7-4-5-15-10(18-14)9(7)13/h4-5H,6,14H2,1-3H3,(H,15,18)(H,16,20)(H,17,19). The Hall–Kier alpha value is -2.22. The number of carbonyl (C=O) groups excluding carboxylic acids is 2. The van der Waals surface area contributed by atoms with E-state index in [-0.39, 0.29) is 23.8 Å². The van der Waals surface area contributed by atoms with E-state index in [1.54, 1.807) is 0 Å². The highest BCUT2D eigenvalue weighted by atomic mass is 19.1. The largest absolute Gasteiger partial charge is 0.350 e. The first kappa shape index (κ1) is 15.8. The molecule has 0 fully saturated rings. The van der Waals surface area contributed by atoms with Gasteiger partial charge in [0.25, 0.3) is 5.91 Å². The summed E-state index contributed by atoms with van der Waals surface area (Å²) in [7, 11) is 0. The molecule has 0 aliphatic carbocycles. The lowest BCUT2D eigenvalue weighted by atomic mass is 10.1. The van der Waals surface area contributed by atoms with Gasteiger partial charge in [-0.3, -0.25) is 9.59 Å². The van der Waals surface area contributed by atoms with Crippen molar-refractivity contribution in [1.29, 1.82) is 0 Å². The normalized spacial score (nSPS) is 10.8. The maximum Gasteiger partial charge on any atom is 0.254 e. The summed E-state index contributed by atoms with van der Waals surface area (Å²) in [6.45, 7) is 5.20. The second kappa shape index (κ2) is 6.29. The number of hydrogen-bond acceptors (Lipinski definition) is 5. The van der Waals surface area contributed by atoms with Gasteiger partial charge in [-0.15, -0.1) is 0 Å². The number of halogens is 1. The maximum absolute atomic E-state index is 13.8. The minimum Gasteiger partial charge on any atom is -0.350 e. The van der Waals surface area contributed by atoms with Gasteiger partial charge in [0.05, 0.1) is 12.1 Å². The molecule has 0 bridgehead atoms. The van der Waals surface area contributed by atoms with Crippen LogP contribution in [0, 0.1) is 5.82 Å². The highest BCUT2D eigenvalue weighted by Gasteiger charge is 2.18. The van der Waals surface area contributed by atoms with Gasteiger partial charge in [-0.1, -0.05) is 0 Å². The third-order valence-electron chi connectivity index (χ3n) is 2.19. The summed E-state index contributed by atoms with van der Waals surface area (Å²) in [5.41, 5.74) is 1.40. The van der Waals surface area contributed by atoms with Crippen LogP contribution < -0.4 is 21.9 Å². The van der Waals surface area contributed by atoms with Crippen molar-refractivity contribution in [3.05, 3.63) is 23.6 Å². The number of aromatic nitrogens is 1. The molecule has 0 radical (unpaired) electrons. The number of pyridine rings is 1. The van der Waals surface area contributed by atoms with Gasteiger partial charge in [-0.05, 0) is 26.8 Å². The lowest BCUT2D eigenvalue weighted by Gasteiger charge is -2.20. The molecule has 20 heavy (non-hydrogen) atoms. The molecule has 1 aromatic rings. The Morgan fingerprint density at radius 1 is 1.40 bits per heavy atom. The van der Waals surface area contributed by atoms with Crippen molar-refractivity contribution in [2.45, 2.75) is 26.3 Å². The van der Waals surface area contributed by atoms with E-state index in [1.807, 2.05) is 26.2 Å². The molecule has 8 heteroatoms. The van der Waals surface area contributed by atoms with Crippen LogP contribution >= 0.6 is 0 Å². The number of carbonyl (C=O) groups is 2. The van der Waals surface area contributed by atoms with Gasteiger partial charge >= 0.3 is 0 Å². The molecule has 0 aliphatic rings. The minimum atomic E-state index is -0.872. The van der Waals surface area contributed by atoms with Crippen LogP contribution in [0.2, 0.25) is 0 Å². The van der Waals surface area contributed by atoms with E-state index in [4.69, 9.17) is 5.84 Å². The summed E-state index contributed by atoms with van der Waals surface area (Å²) in [5.74, 6) is 2.87. The summed E-state index contributed by atoms with van der Waals surface area (Å²) in [4.78, 5) is 26.9. The molecule has 1 heterocycles. The number of hydrazine groups is 1. The van der Waals surface area contributed by atoms with E-state index in [0.29, 0.717) is 0 Å². The van der Waals surface area contributed by atoms with Crippen LogP contribution in [0.4, 0.5) is 10.2 Å². The molecule has 0 unspecified atom stereocenters. The summed E-state index contributed by atoms with van der Waals surface area (Å²) < 4.78 is 13.8. The molecule has 1 aromatic heterocycles. The zero-order valence-corrected chi connectivity index (χ0v) is 11.6. The van der Waals surface area contributed by atoms with Crippen molar-refractivity contribution in [1.82, 2.24) is 15.6 Å². The fraction of sp³-hybridized carbons (Fsp3) is 0.417. The Morgan fingerprint density at radius 3 is 2.60 bits per heavy atom. The summed E-state index contributed by atoms with van der Waals surface area (Å²) in [5, 5.41) is 5.00. The highest BCUT2D eigenvalue weighted by Crippen LogP contribution is 2.13. The quantitative estimate of drug-likeness (QED) is 0.464. The zero-order valence-electron chi connectivity index (χ0n) is 11.6. The molecular formula is C12H18FN5O2. The predicted molar refractivity (Wildman–Crippen MR) is 72.2 cm³/mol. The Labute approximate surface area is 116 Å². The van der Waals surface area contributed by atoms with Crippen LogP contribution in [0.3, 0.4) is 0 Å². The maximum atomic E-state index is 13.8. The number of amides is 2. The molecule has 0 aliphatic heterocycles. The summed E-state index contributed by atoms with van der Waals surface area (Å²) in [6.07, 6.45) is 1.24. The van der Waals surface area contributed by atoms with Crippen molar-refractivity contribution < 1.29 is 14.0 Å². The Balaban J connectivity index is 2.66. The Bertz CT molecular complexity index is 513. The molecular weight excluding hydrogens is 265 g/mol. The Morgan fingerprint density at radius 2 is 2.05 bits per heavy atom. The van der Waals surface area contributed by atoms with Crippen LogP contribution in [0.25, 0.3) is 0 Å². The first-order valence-corrected chi connectivity index (χ1v) is 5.95. The smallest absolute Gasteiger partial charge is 0.254 e. The zero-order chi connectivity index (χ0) is 15.3. The van der Waals surface area contributed by atoms with Crippen molar-refractivity contribution in [2.24, 2.45) is 5.84 Å². The van der Waals surface area contributed by atoms with Gasteiger partial charge in [-0.2, -0.15) is 0 Å². The number of nitrogens with zero attached hydrogens (tertiary/aromatic N) is 1. The number of nitrogens with one attached hydrogen (secondary N) is 3. The number of rotatable bonds is 4. The summed E-state index contributed by atoms with van der Waals surface area (Å²) in [6, 6.07) is 1.20. The molecule has 0 spiro atoms. The van der Waals surface area contributed by atoms with Crippen molar-refractivity contribution in [3.63, 3.8) is 0 Å². The molecule has 5 N–H and O–H groups in total. The topological polar surface area (TPSA) is 109 Å². The first-order valence-electron chi connectivity index (χ1n) is 5.95. The van der Waals surface area contributed by atoms with E-state index in [9.17, 15) is 14.0 Å². The van der Waals surface area contributed by atoms with E-state index >= 15 is 0 Å². The van der Waals surface area contributed by atoms with Crippen molar-refractivity contribution in [2.75, 3.05) is 12.0 Å². The van der Waals surface area contributed by atoms with Gasteiger partial charge in [0.1, 0.15) is 0 Å². The van der Waals surface area contributed by atoms with Crippen molar-refractivity contribution >= 4 is 17.6 Å². The van der Waals surface area contributed by atoms with Crippen LogP contribution in [-0.2, 0) is 4.79 Å². The molecule has 7 nitrogen and oxygen atoms in total. The number of anilines is 1. The SMILES string of the molecule is CC(C)(C)NC(=O)CNC(=O)c1ccnc(NN)c1F. The molecule has 0 aromatic carbocycles. The number of nitrogen functional groups attached to an aromatic ring is 1. The third kappa shape index (κ3) is 4.47. The van der Waals surface area contributed by atoms with Crippen LogP contribution in [-0.4, -0.2) is 28.9 Å². The third-order valence-corrected chi connectivity index (χ3v) is 2.19. The molecule has 2 amide bonds. The van der Waals surface area contributed by atoms with Crippen LogP contribution in [0.5, 0.6) is 0 Å². The first-order chi connectivity index (χ1) is 9.24. The second-order valence-electron chi connectivity index (χ2n) is 5.15. The predicted octanol–water partition coefficient (Wildman–Crippen LogP) is 0.151. The highest BCUT2D eigenvalue weighted by molar-refractivity contribution is 5.97. The van der Waals surface area contributed by atoms with E-state index in [0.717, 1.165) is 0 Å². The van der Waals surface area contributed by atoms with Gasteiger partial charge < -0.3 is 16.1 Å². The fourth-order valence-electron chi connectivity index (χ4n) is 1.44.